The highest BCUT2D eigenvalue weighted by Gasteiger charge is 2.44. The molecule has 10 nitrogen and oxygen atoms in total. The smallest absolute Gasteiger partial charge is 0.220 e. The van der Waals surface area contributed by atoms with Crippen molar-refractivity contribution in [2.75, 3.05) is 13.2 Å². The van der Waals surface area contributed by atoms with Crippen molar-refractivity contribution in [2.24, 2.45) is 0 Å². The van der Waals surface area contributed by atoms with Gasteiger partial charge in [0.2, 0.25) is 5.91 Å². The lowest BCUT2D eigenvalue weighted by Gasteiger charge is -2.40. The Balaban J connectivity index is 2.26. The molecule has 0 aromatic rings. The second kappa shape index (κ2) is 39.0. The molecule has 10 heteroatoms. The predicted molar refractivity (Wildman–Crippen MR) is 237 cm³/mol. The number of unbranched alkanes of at least 4 members (excludes halogenated alkanes) is 31. The van der Waals surface area contributed by atoms with Crippen LogP contribution in [0.1, 0.15) is 239 Å². The lowest BCUT2D eigenvalue weighted by Crippen LogP contribution is -2.60. The number of aliphatic hydroxyl groups excluding tert-OH is 6. The fraction of sp³-hybridized carbons (Fsp3) is 0.979. The molecule has 0 aliphatic carbocycles. The highest BCUT2D eigenvalue weighted by molar-refractivity contribution is 5.76. The molecule has 0 aromatic carbocycles. The van der Waals surface area contributed by atoms with Gasteiger partial charge in [-0.1, -0.05) is 219 Å². The van der Waals surface area contributed by atoms with Crippen LogP contribution in [-0.2, 0) is 14.3 Å². The van der Waals surface area contributed by atoms with Gasteiger partial charge in [-0.2, -0.15) is 0 Å². The van der Waals surface area contributed by atoms with E-state index in [1.165, 1.54) is 167 Å². The Kier molecular flexibility index (Phi) is 37.1. The zero-order chi connectivity index (χ0) is 42.5. The monoisotopic (exact) mass is 830 g/mol. The van der Waals surface area contributed by atoms with E-state index in [0.29, 0.717) is 6.42 Å². The van der Waals surface area contributed by atoms with Crippen LogP contribution in [0.4, 0.5) is 0 Å². The van der Waals surface area contributed by atoms with Crippen LogP contribution in [0.3, 0.4) is 0 Å². The molecular weight excluding hydrogens is 735 g/mol. The Morgan fingerprint density at radius 1 is 0.534 bits per heavy atom. The lowest BCUT2D eigenvalue weighted by molar-refractivity contribution is -0.303. The van der Waals surface area contributed by atoms with Crippen LogP contribution in [0.5, 0.6) is 0 Å². The largest absolute Gasteiger partial charge is 0.394 e. The molecule has 1 aliphatic rings. The SMILES string of the molecule is CCCCCCCCCCCCCCCCCCCCCCCCCC(=O)N[C@@H](CO[C@H]1O[C@H](CO)[C@H](O)[C@H](O)[C@H]1O)[C@@H](O)[C@H](O)CCCCCCCCCCCC. The van der Waals surface area contributed by atoms with Gasteiger partial charge in [0.15, 0.2) is 6.29 Å². The van der Waals surface area contributed by atoms with Gasteiger partial charge in [-0.05, 0) is 12.8 Å². The fourth-order valence-corrected chi connectivity index (χ4v) is 8.26. The molecule has 0 aromatic heterocycles. The fourth-order valence-electron chi connectivity index (χ4n) is 8.26. The first-order chi connectivity index (χ1) is 28.3. The third kappa shape index (κ3) is 28.6. The van der Waals surface area contributed by atoms with Crippen LogP contribution in [0.25, 0.3) is 0 Å². The summed E-state index contributed by atoms with van der Waals surface area (Å²) in [6.45, 7) is 3.61. The standard InChI is InChI=1S/C48H95NO9/c1-3-5-7-9-11-13-15-16-17-18-19-20-21-22-23-24-25-26-27-29-31-33-35-37-43(52)49-40(39-57-48-47(56)46(55)45(54)42(38-50)58-48)44(53)41(51)36-34-32-30-28-14-12-10-8-6-4-2/h40-42,44-48,50-51,53-56H,3-39H2,1-2H3,(H,49,52)/t40-,41+,42+,44+,45-,46-,47+,48-/m0/s1. The number of hydrogen-bond acceptors (Lipinski definition) is 9. The molecule has 0 saturated carbocycles. The third-order valence-electron chi connectivity index (χ3n) is 12.3. The van der Waals surface area contributed by atoms with Crippen molar-refractivity contribution in [1.82, 2.24) is 5.32 Å². The number of amides is 1. The average Bonchev–Trinajstić information content (AvgIpc) is 3.22. The van der Waals surface area contributed by atoms with Crippen LogP contribution in [0.2, 0.25) is 0 Å². The first-order valence-electron chi connectivity index (χ1n) is 24.8. The number of ether oxygens (including phenoxy) is 2. The van der Waals surface area contributed by atoms with Gasteiger partial charge in [0, 0.05) is 6.42 Å². The number of hydrogen-bond donors (Lipinski definition) is 7. The summed E-state index contributed by atoms with van der Waals surface area (Å²) in [4.78, 5) is 13.0. The highest BCUT2D eigenvalue weighted by Crippen LogP contribution is 2.23. The number of carbonyl (C=O) groups is 1. The summed E-state index contributed by atoms with van der Waals surface area (Å²) in [5.41, 5.74) is 0. The Hall–Kier alpha value is -0.850. The van der Waals surface area contributed by atoms with Crippen molar-refractivity contribution >= 4 is 5.91 Å². The van der Waals surface area contributed by atoms with Crippen molar-refractivity contribution in [3.63, 3.8) is 0 Å². The number of nitrogens with one attached hydrogen (secondary N) is 1. The van der Waals surface area contributed by atoms with E-state index in [-0.39, 0.29) is 18.9 Å². The van der Waals surface area contributed by atoms with Gasteiger partial charge in [0.25, 0.3) is 0 Å². The molecule has 0 radical (unpaired) electrons. The van der Waals surface area contributed by atoms with Crippen molar-refractivity contribution in [3.05, 3.63) is 0 Å². The van der Waals surface area contributed by atoms with Crippen molar-refractivity contribution < 1.29 is 44.9 Å². The molecule has 1 rings (SSSR count). The summed E-state index contributed by atoms with van der Waals surface area (Å²) >= 11 is 0. The molecule has 1 saturated heterocycles. The lowest BCUT2D eigenvalue weighted by atomic mass is 9.98. The number of rotatable bonds is 42. The summed E-state index contributed by atoms with van der Waals surface area (Å²) in [6, 6.07) is -0.984. The third-order valence-corrected chi connectivity index (χ3v) is 12.3. The minimum absolute atomic E-state index is 0.254. The topological polar surface area (TPSA) is 169 Å². The van der Waals surface area contributed by atoms with Crippen molar-refractivity contribution in [3.8, 4) is 0 Å². The van der Waals surface area contributed by atoms with Gasteiger partial charge >= 0.3 is 0 Å². The molecule has 1 aliphatic heterocycles. The quantitative estimate of drug-likeness (QED) is 0.0296. The van der Waals surface area contributed by atoms with E-state index in [0.717, 1.165) is 44.9 Å². The molecule has 0 bridgehead atoms. The summed E-state index contributed by atoms with van der Waals surface area (Å²) < 4.78 is 11.2. The molecule has 1 heterocycles. The van der Waals surface area contributed by atoms with E-state index in [1.807, 2.05) is 0 Å². The van der Waals surface area contributed by atoms with Gasteiger partial charge in [-0.3, -0.25) is 4.79 Å². The maximum atomic E-state index is 13.0. The van der Waals surface area contributed by atoms with Crippen LogP contribution in [0, 0.1) is 0 Å². The molecule has 8 atom stereocenters. The van der Waals surface area contributed by atoms with E-state index < -0.39 is 55.6 Å². The second-order valence-corrected chi connectivity index (χ2v) is 17.8. The van der Waals surface area contributed by atoms with Crippen LogP contribution in [0.15, 0.2) is 0 Å². The van der Waals surface area contributed by atoms with Gasteiger partial charge in [0.05, 0.1) is 25.4 Å². The Morgan fingerprint density at radius 2 is 0.897 bits per heavy atom. The van der Waals surface area contributed by atoms with Crippen molar-refractivity contribution in [1.29, 1.82) is 0 Å². The van der Waals surface area contributed by atoms with E-state index in [2.05, 4.69) is 19.2 Å². The predicted octanol–water partition coefficient (Wildman–Crippen LogP) is 9.70. The zero-order valence-corrected chi connectivity index (χ0v) is 37.7. The molecule has 346 valence electrons. The second-order valence-electron chi connectivity index (χ2n) is 17.8. The maximum absolute atomic E-state index is 13.0. The molecule has 0 unspecified atom stereocenters. The van der Waals surface area contributed by atoms with Crippen LogP contribution in [-0.4, -0.2) is 98.7 Å². The molecule has 1 amide bonds. The maximum Gasteiger partial charge on any atom is 0.220 e. The summed E-state index contributed by atoms with van der Waals surface area (Å²) in [5.74, 6) is -0.254. The van der Waals surface area contributed by atoms with E-state index >= 15 is 0 Å². The zero-order valence-electron chi connectivity index (χ0n) is 37.7. The minimum Gasteiger partial charge on any atom is -0.394 e. The highest BCUT2D eigenvalue weighted by atomic mass is 16.7. The molecule has 1 fully saturated rings. The minimum atomic E-state index is -1.60. The van der Waals surface area contributed by atoms with Gasteiger partial charge in [-0.25, -0.2) is 0 Å². The van der Waals surface area contributed by atoms with Gasteiger partial charge < -0.3 is 45.4 Å². The molecule has 58 heavy (non-hydrogen) atoms. The number of carbonyl (C=O) groups excluding carboxylic acids is 1. The number of aliphatic hydroxyl groups is 6. The first-order valence-corrected chi connectivity index (χ1v) is 24.8. The van der Waals surface area contributed by atoms with Gasteiger partial charge in [-0.15, -0.1) is 0 Å². The van der Waals surface area contributed by atoms with Gasteiger partial charge in [0.1, 0.15) is 30.5 Å². The Bertz CT molecular complexity index is 895. The molecule has 7 N–H and O–H groups in total. The van der Waals surface area contributed by atoms with E-state index in [1.54, 1.807) is 0 Å². The summed E-state index contributed by atoms with van der Waals surface area (Å²) in [6.07, 6.45) is 32.7. The Labute approximate surface area is 356 Å². The average molecular weight is 830 g/mol. The summed E-state index contributed by atoms with van der Waals surface area (Å²) in [5, 5.41) is 65.1. The van der Waals surface area contributed by atoms with Crippen LogP contribution < -0.4 is 5.32 Å². The van der Waals surface area contributed by atoms with Crippen LogP contribution >= 0.6 is 0 Å². The summed E-state index contributed by atoms with van der Waals surface area (Å²) in [7, 11) is 0. The molecule has 0 spiro atoms. The normalized spacial score (nSPS) is 21.3. The first kappa shape index (κ1) is 55.2. The Morgan fingerprint density at radius 3 is 1.28 bits per heavy atom. The molecular formula is C48H95NO9. The van der Waals surface area contributed by atoms with Crippen molar-refractivity contribution in [2.45, 2.75) is 288 Å². The van der Waals surface area contributed by atoms with E-state index in [4.69, 9.17) is 9.47 Å². The van der Waals surface area contributed by atoms with E-state index in [9.17, 15) is 35.4 Å².